The highest BCUT2D eigenvalue weighted by Gasteiger charge is 2.24. The third-order valence-corrected chi connectivity index (χ3v) is 4.85. The first-order valence-electron chi connectivity index (χ1n) is 7.18. The summed E-state index contributed by atoms with van der Waals surface area (Å²) < 4.78 is 1.04. The second kappa shape index (κ2) is 8.02. The molecule has 0 saturated carbocycles. The Kier molecular flexibility index (Phi) is 5.74. The number of benzene rings is 2. The molecule has 0 amide bonds. The summed E-state index contributed by atoms with van der Waals surface area (Å²) in [5.74, 6) is 0.0639. The molecule has 0 unspecified atom stereocenters. The Morgan fingerprint density at radius 2 is 1.65 bits per heavy atom. The van der Waals surface area contributed by atoms with E-state index in [4.69, 9.17) is 23.2 Å². The maximum atomic E-state index is 11.6. The molecule has 0 atom stereocenters. The van der Waals surface area contributed by atoms with Gasteiger partial charge in [0, 0.05) is 9.26 Å². The van der Waals surface area contributed by atoms with Gasteiger partial charge in [-0.05, 0) is 59.0 Å². The van der Waals surface area contributed by atoms with Crippen molar-refractivity contribution in [2.75, 3.05) is 10.6 Å². The van der Waals surface area contributed by atoms with Crippen molar-refractivity contribution in [3.05, 3.63) is 72.5 Å². The monoisotopic (exact) mass is 501 g/mol. The number of nitrogens with one attached hydrogen (secondary N) is 2. The molecule has 2 aromatic carbocycles. The Labute approximate surface area is 172 Å². The first-order chi connectivity index (χ1) is 12.5. The average molecular weight is 502 g/mol. The molecule has 1 heterocycles. The molecule has 0 aliphatic carbocycles. The second-order valence-electron chi connectivity index (χ2n) is 5.03. The maximum absolute atomic E-state index is 11.6. The predicted molar refractivity (Wildman–Crippen MR) is 111 cm³/mol. The van der Waals surface area contributed by atoms with Gasteiger partial charge < -0.3 is 10.6 Å². The number of rotatable bonds is 5. The van der Waals surface area contributed by atoms with Crippen LogP contribution in [0.3, 0.4) is 0 Å². The van der Waals surface area contributed by atoms with Crippen LogP contribution in [-0.2, 0) is 0 Å². The van der Waals surface area contributed by atoms with Gasteiger partial charge in [0.05, 0.1) is 20.7 Å². The first kappa shape index (κ1) is 18.6. The van der Waals surface area contributed by atoms with Crippen molar-refractivity contribution in [2.45, 2.75) is 0 Å². The number of nitro groups is 1. The molecule has 0 radical (unpaired) electrons. The lowest BCUT2D eigenvalue weighted by Gasteiger charge is -2.11. The molecule has 0 bridgehead atoms. The third-order valence-electron chi connectivity index (χ3n) is 3.32. The lowest BCUT2D eigenvalue weighted by molar-refractivity contribution is -0.383. The lowest BCUT2D eigenvalue weighted by atomic mass is 10.3. The highest BCUT2D eigenvalue weighted by Crippen LogP contribution is 2.36. The van der Waals surface area contributed by atoms with Gasteiger partial charge in [0.2, 0.25) is 11.6 Å². The molecule has 0 saturated heterocycles. The van der Waals surface area contributed by atoms with Crippen molar-refractivity contribution >= 4 is 74.5 Å². The fraction of sp³-hybridized carbons (Fsp3) is 0. The lowest BCUT2D eigenvalue weighted by Crippen LogP contribution is -2.05. The van der Waals surface area contributed by atoms with E-state index in [-0.39, 0.29) is 22.3 Å². The van der Waals surface area contributed by atoms with Crippen molar-refractivity contribution < 1.29 is 4.92 Å². The van der Waals surface area contributed by atoms with Crippen molar-refractivity contribution in [2.24, 2.45) is 0 Å². The Morgan fingerprint density at radius 3 is 2.31 bits per heavy atom. The maximum Gasteiger partial charge on any atom is 0.353 e. The number of nitrogens with zero attached hydrogens (tertiary/aromatic N) is 3. The van der Waals surface area contributed by atoms with Gasteiger partial charge in [-0.3, -0.25) is 10.1 Å². The van der Waals surface area contributed by atoms with E-state index in [1.807, 2.05) is 12.1 Å². The number of halogens is 3. The zero-order valence-corrected chi connectivity index (χ0v) is 16.6. The Morgan fingerprint density at radius 1 is 1.00 bits per heavy atom. The molecule has 26 heavy (non-hydrogen) atoms. The van der Waals surface area contributed by atoms with Crippen molar-refractivity contribution in [3.63, 3.8) is 0 Å². The Balaban J connectivity index is 1.99. The molecule has 0 aliphatic rings. The fourth-order valence-electron chi connectivity index (χ4n) is 2.13. The average Bonchev–Trinajstić information content (AvgIpc) is 2.61. The normalized spacial score (nSPS) is 10.4. The standard InChI is InChI=1S/C16H10Cl2IN5O2/c17-11-2-1-3-12(13(11)18)23-16-14(24(25)26)15(20-8-21-16)22-10-6-4-9(19)5-7-10/h1-8H,(H2,20,21,22,23). The minimum atomic E-state index is -0.560. The Bertz CT molecular complexity index is 969. The molecular formula is C16H10Cl2IN5O2. The van der Waals surface area contributed by atoms with Gasteiger partial charge in [-0.2, -0.15) is 0 Å². The van der Waals surface area contributed by atoms with Crippen LogP contribution in [0.25, 0.3) is 0 Å². The van der Waals surface area contributed by atoms with E-state index in [9.17, 15) is 10.1 Å². The van der Waals surface area contributed by atoms with Gasteiger partial charge in [0.25, 0.3) is 0 Å². The van der Waals surface area contributed by atoms with Gasteiger partial charge in [-0.25, -0.2) is 9.97 Å². The highest BCUT2D eigenvalue weighted by molar-refractivity contribution is 14.1. The molecule has 1 aromatic heterocycles. The van der Waals surface area contributed by atoms with Crippen molar-refractivity contribution in [3.8, 4) is 0 Å². The summed E-state index contributed by atoms with van der Waals surface area (Å²) in [6, 6.07) is 12.3. The third kappa shape index (κ3) is 4.14. The van der Waals surface area contributed by atoms with E-state index in [1.165, 1.54) is 6.33 Å². The second-order valence-corrected chi connectivity index (χ2v) is 7.07. The topological polar surface area (TPSA) is 93.0 Å². The van der Waals surface area contributed by atoms with Crippen molar-refractivity contribution in [1.29, 1.82) is 0 Å². The van der Waals surface area contributed by atoms with E-state index in [2.05, 4.69) is 43.2 Å². The zero-order valence-electron chi connectivity index (χ0n) is 12.9. The fourth-order valence-corrected chi connectivity index (χ4v) is 2.84. The summed E-state index contributed by atoms with van der Waals surface area (Å²) in [6.45, 7) is 0. The molecule has 0 fully saturated rings. The Hall–Kier alpha value is -2.17. The SMILES string of the molecule is O=[N+]([O-])c1c(Nc2ccc(I)cc2)ncnc1Nc1cccc(Cl)c1Cl. The van der Waals surface area contributed by atoms with Gasteiger partial charge in [0.1, 0.15) is 6.33 Å². The smallest absolute Gasteiger partial charge is 0.334 e. The number of aromatic nitrogens is 2. The minimum Gasteiger partial charge on any atom is -0.334 e. The quantitative estimate of drug-likeness (QED) is 0.261. The molecule has 0 spiro atoms. The molecular weight excluding hydrogens is 492 g/mol. The van der Waals surface area contributed by atoms with Crippen LogP contribution in [0.15, 0.2) is 48.8 Å². The summed E-state index contributed by atoms with van der Waals surface area (Å²) in [7, 11) is 0. The van der Waals surface area contributed by atoms with Crippen LogP contribution in [0.1, 0.15) is 0 Å². The zero-order chi connectivity index (χ0) is 18.7. The van der Waals surface area contributed by atoms with Crippen LogP contribution in [-0.4, -0.2) is 14.9 Å². The van der Waals surface area contributed by atoms with E-state index < -0.39 is 4.92 Å². The van der Waals surface area contributed by atoms with E-state index >= 15 is 0 Å². The van der Waals surface area contributed by atoms with Gasteiger partial charge >= 0.3 is 5.69 Å². The van der Waals surface area contributed by atoms with Crippen molar-refractivity contribution in [1.82, 2.24) is 9.97 Å². The van der Waals surface area contributed by atoms with Crippen LogP contribution in [0.4, 0.5) is 28.7 Å². The summed E-state index contributed by atoms with van der Waals surface area (Å²) in [5.41, 5.74) is 0.766. The molecule has 10 heteroatoms. The van der Waals surface area contributed by atoms with Gasteiger partial charge in [-0.1, -0.05) is 29.3 Å². The van der Waals surface area contributed by atoms with Crippen LogP contribution >= 0.6 is 45.8 Å². The number of hydrogen-bond acceptors (Lipinski definition) is 6. The van der Waals surface area contributed by atoms with Crippen LogP contribution < -0.4 is 10.6 Å². The predicted octanol–water partition coefficient (Wildman–Crippen LogP) is 5.78. The molecule has 2 N–H and O–H groups in total. The molecule has 132 valence electrons. The van der Waals surface area contributed by atoms with Crippen LogP contribution in [0, 0.1) is 13.7 Å². The molecule has 0 aliphatic heterocycles. The first-order valence-corrected chi connectivity index (χ1v) is 9.02. The van der Waals surface area contributed by atoms with Crippen LogP contribution in [0.2, 0.25) is 10.0 Å². The number of anilines is 4. The summed E-state index contributed by atoms with van der Waals surface area (Å²) in [4.78, 5) is 19.0. The largest absolute Gasteiger partial charge is 0.353 e. The minimum absolute atomic E-state index is 0.00202. The summed E-state index contributed by atoms with van der Waals surface area (Å²) in [6.07, 6.45) is 1.23. The van der Waals surface area contributed by atoms with Gasteiger partial charge in [0.15, 0.2) is 0 Å². The summed E-state index contributed by atoms with van der Waals surface area (Å²) >= 11 is 14.3. The van der Waals surface area contributed by atoms with E-state index in [0.29, 0.717) is 16.4 Å². The van der Waals surface area contributed by atoms with E-state index in [0.717, 1.165) is 3.57 Å². The van der Waals surface area contributed by atoms with E-state index in [1.54, 1.807) is 30.3 Å². The summed E-state index contributed by atoms with van der Waals surface area (Å²) in [5, 5.41) is 18.0. The molecule has 7 nitrogen and oxygen atoms in total. The van der Waals surface area contributed by atoms with Crippen LogP contribution in [0.5, 0.6) is 0 Å². The highest BCUT2D eigenvalue weighted by atomic mass is 127. The molecule has 3 aromatic rings. The van der Waals surface area contributed by atoms with Gasteiger partial charge in [-0.15, -0.1) is 0 Å². The number of hydrogen-bond donors (Lipinski definition) is 2. The molecule has 3 rings (SSSR count).